The van der Waals surface area contributed by atoms with Gasteiger partial charge in [0.2, 0.25) is 0 Å². The predicted octanol–water partition coefficient (Wildman–Crippen LogP) is 2.98. The molecule has 1 aromatic rings. The summed E-state index contributed by atoms with van der Waals surface area (Å²) < 4.78 is 5.98. The lowest BCUT2D eigenvalue weighted by molar-refractivity contribution is -0.191. The van der Waals surface area contributed by atoms with E-state index in [1.807, 2.05) is 31.2 Å². The van der Waals surface area contributed by atoms with Crippen molar-refractivity contribution < 1.29 is 29.6 Å². The maximum absolute atomic E-state index is 14.4. The SMILES string of the molecule is CC1=C[C@]23C(=O)[C@@H](C=C(CO)[C@@H](O)[C@]2(O)[C@H]1OC(=O)N1Cc2ccccc2C1)[C@H]1[C@@H](C[C@H]3C)C1(C)C. The summed E-state index contributed by atoms with van der Waals surface area (Å²) in [5.74, 6) is -0.571. The number of ketones is 1. The molecule has 1 heterocycles. The minimum Gasteiger partial charge on any atom is -0.438 e. The van der Waals surface area contributed by atoms with Gasteiger partial charge in [0.05, 0.1) is 12.0 Å². The van der Waals surface area contributed by atoms with Gasteiger partial charge in [-0.3, -0.25) is 9.69 Å². The van der Waals surface area contributed by atoms with E-state index < -0.39 is 41.8 Å². The first-order valence-corrected chi connectivity index (χ1v) is 13.0. The van der Waals surface area contributed by atoms with Crippen LogP contribution in [0.5, 0.6) is 0 Å². The topological polar surface area (TPSA) is 107 Å². The second-order valence-corrected chi connectivity index (χ2v) is 12.3. The standard InChI is InChI=1S/C29H35NO6/c1-15-11-28-16(2)9-21-22(27(21,3)4)20(24(28)33)10-19(14-31)23(32)29(28,35)25(15)36-26(34)30-12-17-7-5-6-8-18(17)13-30/h5-8,10-11,16,20-23,25,31-32,35H,9,12-14H2,1-4H3/t16-,20+,21-,22+,23-,25+,28+,29+/m1/s1. The van der Waals surface area contributed by atoms with Crippen LogP contribution in [-0.2, 0) is 22.6 Å². The average molecular weight is 494 g/mol. The zero-order valence-corrected chi connectivity index (χ0v) is 21.3. The molecule has 2 bridgehead atoms. The molecule has 0 unspecified atom stereocenters. The Bertz CT molecular complexity index is 1190. The van der Waals surface area contributed by atoms with Crippen molar-refractivity contribution in [2.45, 2.75) is 65.0 Å². The molecule has 7 heteroatoms. The number of allylic oxidation sites excluding steroid dienone is 1. The van der Waals surface area contributed by atoms with E-state index in [1.165, 1.54) is 0 Å². The van der Waals surface area contributed by atoms with Gasteiger partial charge in [0, 0.05) is 19.0 Å². The van der Waals surface area contributed by atoms with Crippen molar-refractivity contribution in [3.8, 4) is 0 Å². The smallest absolute Gasteiger partial charge is 0.411 e. The van der Waals surface area contributed by atoms with Gasteiger partial charge in [-0.2, -0.15) is 0 Å². The van der Waals surface area contributed by atoms with E-state index in [-0.39, 0.29) is 28.6 Å². The van der Waals surface area contributed by atoms with Crippen LogP contribution in [-0.4, -0.2) is 56.5 Å². The number of amides is 1. The van der Waals surface area contributed by atoms with Gasteiger partial charge in [-0.25, -0.2) is 4.79 Å². The van der Waals surface area contributed by atoms with Crippen molar-refractivity contribution in [3.63, 3.8) is 0 Å². The Kier molecular flexibility index (Phi) is 4.99. The molecular formula is C29H35NO6. The maximum atomic E-state index is 14.4. The molecule has 4 aliphatic carbocycles. The molecule has 1 spiro atoms. The van der Waals surface area contributed by atoms with Crippen LogP contribution in [0.3, 0.4) is 0 Å². The number of carbonyl (C=O) groups is 2. The fourth-order valence-electron chi connectivity index (χ4n) is 8.23. The highest BCUT2D eigenvalue weighted by Gasteiger charge is 2.76. The molecule has 0 radical (unpaired) electrons. The van der Waals surface area contributed by atoms with Gasteiger partial charge in [-0.15, -0.1) is 0 Å². The lowest BCUT2D eigenvalue weighted by Gasteiger charge is -2.48. The van der Waals surface area contributed by atoms with Crippen LogP contribution in [0.1, 0.15) is 45.2 Å². The van der Waals surface area contributed by atoms with Crippen LogP contribution in [0.25, 0.3) is 0 Å². The summed E-state index contributed by atoms with van der Waals surface area (Å²) in [6.07, 6.45) is 0.803. The Balaban J connectivity index is 1.40. The Morgan fingerprint density at radius 3 is 2.44 bits per heavy atom. The molecule has 0 saturated heterocycles. The zero-order valence-electron chi connectivity index (χ0n) is 21.3. The van der Waals surface area contributed by atoms with Crippen molar-refractivity contribution in [1.82, 2.24) is 4.90 Å². The van der Waals surface area contributed by atoms with Crippen molar-refractivity contribution in [1.29, 1.82) is 0 Å². The Morgan fingerprint density at radius 1 is 1.19 bits per heavy atom. The highest BCUT2D eigenvalue weighted by molar-refractivity contribution is 5.95. The number of aliphatic hydroxyl groups is 3. The van der Waals surface area contributed by atoms with Crippen molar-refractivity contribution >= 4 is 11.9 Å². The molecule has 6 rings (SSSR count). The van der Waals surface area contributed by atoms with Crippen LogP contribution in [0.15, 0.2) is 47.6 Å². The van der Waals surface area contributed by atoms with Gasteiger partial charge < -0.3 is 20.1 Å². The minimum atomic E-state index is -2.11. The van der Waals surface area contributed by atoms with Gasteiger partial charge in [0.25, 0.3) is 0 Å². The number of benzene rings is 1. The number of Topliss-reactive ketones (excluding diaryl/α,β-unsaturated/α-hetero) is 1. The number of aliphatic hydroxyl groups excluding tert-OH is 2. The number of carbonyl (C=O) groups excluding carboxylic acids is 2. The fourth-order valence-corrected chi connectivity index (χ4v) is 8.23. The largest absolute Gasteiger partial charge is 0.438 e. The quantitative estimate of drug-likeness (QED) is 0.547. The lowest BCUT2D eigenvalue weighted by atomic mass is 9.59. The number of fused-ring (bicyclic) bond motifs is 4. The molecule has 8 atom stereocenters. The van der Waals surface area contributed by atoms with Gasteiger partial charge in [-0.05, 0) is 58.8 Å². The van der Waals surface area contributed by atoms with E-state index in [0.717, 1.165) is 17.5 Å². The molecule has 192 valence electrons. The summed E-state index contributed by atoms with van der Waals surface area (Å²) in [7, 11) is 0. The molecule has 36 heavy (non-hydrogen) atoms. The minimum absolute atomic E-state index is 0.0331. The summed E-state index contributed by atoms with van der Waals surface area (Å²) in [5, 5.41) is 34.3. The second kappa shape index (κ2) is 7.53. The van der Waals surface area contributed by atoms with Gasteiger partial charge in [0.1, 0.15) is 6.10 Å². The monoisotopic (exact) mass is 493 g/mol. The summed E-state index contributed by atoms with van der Waals surface area (Å²) in [6.45, 7) is 8.33. The summed E-state index contributed by atoms with van der Waals surface area (Å²) in [5.41, 5.74) is -0.715. The number of rotatable bonds is 2. The molecule has 0 aromatic heterocycles. The summed E-state index contributed by atoms with van der Waals surface area (Å²) in [6, 6.07) is 7.79. The number of nitrogens with zero attached hydrogens (tertiary/aromatic N) is 1. The average Bonchev–Trinajstić information content (AvgIpc) is 3.14. The summed E-state index contributed by atoms with van der Waals surface area (Å²) in [4.78, 5) is 29.3. The predicted molar refractivity (Wildman–Crippen MR) is 131 cm³/mol. The number of ether oxygens (including phenoxy) is 1. The molecular weight excluding hydrogens is 458 g/mol. The first-order chi connectivity index (χ1) is 17.0. The van der Waals surface area contributed by atoms with Crippen LogP contribution in [0.4, 0.5) is 4.79 Å². The maximum Gasteiger partial charge on any atom is 0.411 e. The van der Waals surface area contributed by atoms with Crippen LogP contribution in [0, 0.1) is 34.5 Å². The molecule has 3 N–H and O–H groups in total. The first kappa shape index (κ1) is 23.9. The molecule has 7 nitrogen and oxygen atoms in total. The van der Waals surface area contributed by atoms with Crippen LogP contribution in [0.2, 0.25) is 0 Å². The van der Waals surface area contributed by atoms with Gasteiger partial charge in [-0.1, -0.05) is 57.2 Å². The highest BCUT2D eigenvalue weighted by atomic mass is 16.6. The van der Waals surface area contributed by atoms with E-state index >= 15 is 0 Å². The molecule has 2 fully saturated rings. The third-order valence-corrected chi connectivity index (χ3v) is 10.2. The fraction of sp³-hybridized carbons (Fsp3) is 0.586. The molecule has 1 aromatic carbocycles. The van der Waals surface area contributed by atoms with Crippen molar-refractivity contribution in [2.24, 2.45) is 34.5 Å². The Morgan fingerprint density at radius 2 is 1.83 bits per heavy atom. The number of hydrogen-bond acceptors (Lipinski definition) is 6. The van der Waals surface area contributed by atoms with E-state index in [9.17, 15) is 24.9 Å². The normalized spacial score (nSPS) is 41.9. The lowest BCUT2D eigenvalue weighted by Crippen LogP contribution is -2.66. The van der Waals surface area contributed by atoms with E-state index in [4.69, 9.17) is 4.74 Å². The molecule has 1 aliphatic heterocycles. The van der Waals surface area contributed by atoms with Crippen molar-refractivity contribution in [3.05, 3.63) is 58.7 Å². The van der Waals surface area contributed by atoms with Crippen LogP contribution < -0.4 is 0 Å². The third-order valence-electron chi connectivity index (χ3n) is 10.2. The molecule has 5 aliphatic rings. The summed E-state index contributed by atoms with van der Waals surface area (Å²) >= 11 is 0. The Labute approximate surface area is 211 Å². The third kappa shape index (κ3) is 2.79. The van der Waals surface area contributed by atoms with Crippen molar-refractivity contribution in [2.75, 3.05) is 6.61 Å². The number of hydrogen-bond donors (Lipinski definition) is 3. The van der Waals surface area contributed by atoms with Gasteiger partial charge >= 0.3 is 6.09 Å². The van der Waals surface area contributed by atoms with E-state index in [1.54, 1.807) is 24.0 Å². The molecule has 1 amide bonds. The highest BCUT2D eigenvalue weighted by Crippen LogP contribution is 2.71. The first-order valence-electron chi connectivity index (χ1n) is 13.0. The van der Waals surface area contributed by atoms with Crippen LogP contribution >= 0.6 is 0 Å². The van der Waals surface area contributed by atoms with E-state index in [2.05, 4.69) is 13.8 Å². The van der Waals surface area contributed by atoms with E-state index in [0.29, 0.717) is 24.6 Å². The van der Waals surface area contributed by atoms with Gasteiger partial charge in [0.15, 0.2) is 17.5 Å². The zero-order chi connectivity index (χ0) is 25.8. The second-order valence-electron chi connectivity index (χ2n) is 12.3. The Hall–Kier alpha value is -2.48. The molecule has 2 saturated carbocycles.